The van der Waals surface area contributed by atoms with Crippen molar-refractivity contribution in [1.82, 2.24) is 10.2 Å². The molecule has 82 valence electrons. The molecule has 0 aromatic rings. The summed E-state index contributed by atoms with van der Waals surface area (Å²) in [6, 6.07) is 1.27. The first-order valence-electron chi connectivity index (χ1n) is 5.82. The van der Waals surface area contributed by atoms with Gasteiger partial charge in [-0.15, -0.1) is 0 Å². The number of piperidine rings is 1. The van der Waals surface area contributed by atoms with Gasteiger partial charge in [-0.1, -0.05) is 0 Å². The van der Waals surface area contributed by atoms with Crippen LogP contribution in [0, 0.1) is 0 Å². The molecule has 0 radical (unpaired) electrons. The maximum atomic E-state index is 5.56. The highest BCUT2D eigenvalue weighted by atomic mass is 16.5. The first kappa shape index (κ1) is 10.4. The van der Waals surface area contributed by atoms with Crippen LogP contribution >= 0.6 is 0 Å². The van der Waals surface area contributed by atoms with Gasteiger partial charge in [0.15, 0.2) is 0 Å². The van der Waals surface area contributed by atoms with Crippen molar-refractivity contribution in [3.05, 3.63) is 0 Å². The summed E-state index contributed by atoms with van der Waals surface area (Å²) in [6.07, 6.45) is 4.24. The second-order valence-electron chi connectivity index (χ2n) is 4.74. The van der Waals surface area contributed by atoms with Gasteiger partial charge in [-0.25, -0.2) is 0 Å². The van der Waals surface area contributed by atoms with Gasteiger partial charge < -0.3 is 15.0 Å². The SMILES string of the molecule is CC1OCCC1NC1CCCN(C)C1. The van der Waals surface area contributed by atoms with E-state index in [9.17, 15) is 0 Å². The van der Waals surface area contributed by atoms with E-state index in [4.69, 9.17) is 4.74 Å². The van der Waals surface area contributed by atoms with Crippen molar-refractivity contribution in [2.75, 3.05) is 26.7 Å². The van der Waals surface area contributed by atoms with Crippen molar-refractivity contribution in [1.29, 1.82) is 0 Å². The molecule has 3 unspecified atom stereocenters. The highest BCUT2D eigenvalue weighted by Crippen LogP contribution is 2.16. The Kier molecular flexibility index (Phi) is 3.42. The zero-order chi connectivity index (χ0) is 9.97. The molecule has 0 spiro atoms. The lowest BCUT2D eigenvalue weighted by atomic mass is 10.0. The van der Waals surface area contributed by atoms with Crippen molar-refractivity contribution in [2.24, 2.45) is 0 Å². The van der Waals surface area contributed by atoms with E-state index in [1.165, 1.54) is 32.4 Å². The largest absolute Gasteiger partial charge is 0.377 e. The van der Waals surface area contributed by atoms with Gasteiger partial charge >= 0.3 is 0 Å². The monoisotopic (exact) mass is 198 g/mol. The highest BCUT2D eigenvalue weighted by molar-refractivity contribution is 4.85. The molecule has 14 heavy (non-hydrogen) atoms. The van der Waals surface area contributed by atoms with E-state index >= 15 is 0 Å². The molecule has 2 saturated heterocycles. The first-order chi connectivity index (χ1) is 6.75. The van der Waals surface area contributed by atoms with E-state index in [0.717, 1.165) is 6.61 Å². The molecule has 2 heterocycles. The van der Waals surface area contributed by atoms with Crippen molar-refractivity contribution in [3.63, 3.8) is 0 Å². The van der Waals surface area contributed by atoms with Crippen molar-refractivity contribution < 1.29 is 4.74 Å². The number of nitrogens with zero attached hydrogens (tertiary/aromatic N) is 1. The van der Waals surface area contributed by atoms with Gasteiger partial charge in [-0.2, -0.15) is 0 Å². The smallest absolute Gasteiger partial charge is 0.0700 e. The number of hydrogen-bond acceptors (Lipinski definition) is 3. The van der Waals surface area contributed by atoms with Crippen LogP contribution in [0.5, 0.6) is 0 Å². The minimum Gasteiger partial charge on any atom is -0.377 e. The molecule has 0 aromatic heterocycles. The second kappa shape index (κ2) is 4.60. The third-order valence-corrected chi connectivity index (χ3v) is 3.45. The number of ether oxygens (including phenoxy) is 1. The molecule has 0 aromatic carbocycles. The van der Waals surface area contributed by atoms with Crippen LogP contribution in [0.15, 0.2) is 0 Å². The normalized spacial score (nSPS) is 40.3. The third-order valence-electron chi connectivity index (χ3n) is 3.45. The fraction of sp³-hybridized carbons (Fsp3) is 1.00. The Balaban J connectivity index is 1.78. The summed E-state index contributed by atoms with van der Waals surface area (Å²) in [5, 5.41) is 3.73. The predicted molar refractivity (Wildman–Crippen MR) is 57.5 cm³/mol. The summed E-state index contributed by atoms with van der Waals surface area (Å²) in [5.74, 6) is 0. The molecule has 0 aliphatic carbocycles. The number of likely N-dealkylation sites (tertiary alicyclic amines) is 1. The molecular formula is C11H22N2O. The fourth-order valence-corrected chi connectivity index (χ4v) is 2.56. The maximum Gasteiger partial charge on any atom is 0.0700 e. The molecule has 3 heteroatoms. The number of rotatable bonds is 2. The van der Waals surface area contributed by atoms with Gasteiger partial charge in [0.05, 0.1) is 6.10 Å². The van der Waals surface area contributed by atoms with Crippen LogP contribution in [-0.4, -0.2) is 49.8 Å². The molecule has 2 rings (SSSR count). The van der Waals surface area contributed by atoms with E-state index in [0.29, 0.717) is 18.2 Å². The average Bonchev–Trinajstić information content (AvgIpc) is 2.52. The van der Waals surface area contributed by atoms with Crippen LogP contribution in [0.1, 0.15) is 26.2 Å². The molecule has 3 atom stereocenters. The van der Waals surface area contributed by atoms with E-state index < -0.39 is 0 Å². The van der Waals surface area contributed by atoms with Crippen LogP contribution in [0.3, 0.4) is 0 Å². The maximum absolute atomic E-state index is 5.56. The van der Waals surface area contributed by atoms with Crippen LogP contribution in [0.25, 0.3) is 0 Å². The molecule has 1 N–H and O–H groups in total. The Morgan fingerprint density at radius 3 is 2.86 bits per heavy atom. The van der Waals surface area contributed by atoms with Crippen LogP contribution in [0.4, 0.5) is 0 Å². The molecule has 2 fully saturated rings. The number of hydrogen-bond donors (Lipinski definition) is 1. The van der Waals surface area contributed by atoms with Gasteiger partial charge in [-0.05, 0) is 39.8 Å². The minimum atomic E-state index is 0.405. The summed E-state index contributed by atoms with van der Waals surface area (Å²) in [6.45, 7) is 5.57. The van der Waals surface area contributed by atoms with E-state index in [1.807, 2.05) is 0 Å². The second-order valence-corrected chi connectivity index (χ2v) is 4.74. The molecule has 0 amide bonds. The summed E-state index contributed by atoms with van der Waals surface area (Å²) in [4.78, 5) is 2.42. The highest BCUT2D eigenvalue weighted by Gasteiger charge is 2.27. The van der Waals surface area contributed by atoms with Crippen molar-refractivity contribution in [2.45, 2.75) is 44.4 Å². The van der Waals surface area contributed by atoms with Gasteiger partial charge in [0.1, 0.15) is 0 Å². The quantitative estimate of drug-likeness (QED) is 0.712. The molecule has 3 nitrogen and oxygen atoms in total. The summed E-state index contributed by atoms with van der Waals surface area (Å²) >= 11 is 0. The molecule has 2 aliphatic heterocycles. The standard InChI is InChI=1S/C11H22N2O/c1-9-11(5-7-14-9)12-10-4-3-6-13(2)8-10/h9-12H,3-8H2,1-2H3. The minimum absolute atomic E-state index is 0.405. The first-order valence-corrected chi connectivity index (χ1v) is 5.82. The van der Waals surface area contributed by atoms with E-state index in [2.05, 4.69) is 24.2 Å². The molecular weight excluding hydrogens is 176 g/mol. The van der Waals surface area contributed by atoms with E-state index in [-0.39, 0.29) is 0 Å². The van der Waals surface area contributed by atoms with Crippen LogP contribution in [0.2, 0.25) is 0 Å². The zero-order valence-electron chi connectivity index (χ0n) is 9.33. The Labute approximate surface area is 86.8 Å². The third kappa shape index (κ3) is 2.47. The Bertz CT molecular complexity index is 186. The molecule has 0 bridgehead atoms. The topological polar surface area (TPSA) is 24.5 Å². The Morgan fingerprint density at radius 1 is 1.36 bits per heavy atom. The fourth-order valence-electron chi connectivity index (χ4n) is 2.56. The summed E-state index contributed by atoms with van der Waals surface area (Å²) in [7, 11) is 2.21. The Morgan fingerprint density at radius 2 is 2.21 bits per heavy atom. The van der Waals surface area contributed by atoms with E-state index in [1.54, 1.807) is 0 Å². The molecule has 0 saturated carbocycles. The summed E-state index contributed by atoms with van der Waals surface area (Å²) < 4.78 is 5.56. The lowest BCUT2D eigenvalue weighted by molar-refractivity contribution is 0.106. The van der Waals surface area contributed by atoms with Crippen molar-refractivity contribution >= 4 is 0 Å². The number of likely N-dealkylation sites (N-methyl/N-ethyl adjacent to an activating group) is 1. The predicted octanol–water partition coefficient (Wildman–Crippen LogP) is 0.848. The lowest BCUT2D eigenvalue weighted by Gasteiger charge is -2.33. The van der Waals surface area contributed by atoms with Gasteiger partial charge in [-0.3, -0.25) is 0 Å². The van der Waals surface area contributed by atoms with Crippen molar-refractivity contribution in [3.8, 4) is 0 Å². The molecule has 2 aliphatic rings. The average molecular weight is 198 g/mol. The lowest BCUT2D eigenvalue weighted by Crippen LogP contribution is -2.49. The van der Waals surface area contributed by atoms with Gasteiger partial charge in [0.2, 0.25) is 0 Å². The zero-order valence-corrected chi connectivity index (χ0v) is 9.33. The van der Waals surface area contributed by atoms with Gasteiger partial charge in [0, 0.05) is 25.2 Å². The summed E-state index contributed by atoms with van der Waals surface area (Å²) in [5.41, 5.74) is 0. The van der Waals surface area contributed by atoms with Crippen LogP contribution < -0.4 is 5.32 Å². The Hall–Kier alpha value is -0.120. The number of nitrogens with one attached hydrogen (secondary N) is 1. The van der Waals surface area contributed by atoms with Gasteiger partial charge in [0.25, 0.3) is 0 Å². The van der Waals surface area contributed by atoms with Crippen LogP contribution in [-0.2, 0) is 4.74 Å².